The predicted molar refractivity (Wildman–Crippen MR) is 66.4 cm³/mol. The van der Waals surface area contributed by atoms with Crippen LogP contribution in [0.25, 0.3) is 0 Å². The van der Waals surface area contributed by atoms with E-state index in [9.17, 15) is 0 Å². The third-order valence-electron chi connectivity index (χ3n) is 4.45. The molecular weight excluding hydrogens is 200 g/mol. The smallest absolute Gasteiger partial charge is 0.0510 e. The maximum absolute atomic E-state index is 6.01. The molecule has 2 fully saturated rings. The summed E-state index contributed by atoms with van der Waals surface area (Å²) in [6.07, 6.45) is 5.14. The first-order chi connectivity index (χ1) is 7.77. The average molecular weight is 226 g/mol. The van der Waals surface area contributed by atoms with Crippen LogP contribution in [0.1, 0.15) is 39.5 Å². The van der Waals surface area contributed by atoms with Crippen molar-refractivity contribution < 1.29 is 4.74 Å². The Balaban J connectivity index is 2.05. The van der Waals surface area contributed by atoms with Gasteiger partial charge in [0.25, 0.3) is 0 Å². The molecule has 2 heterocycles. The molecule has 0 aromatic heterocycles. The second-order valence-electron chi connectivity index (χ2n) is 5.36. The number of hydrogen-bond acceptors (Lipinski definition) is 3. The highest BCUT2D eigenvalue weighted by atomic mass is 16.5. The van der Waals surface area contributed by atoms with Crippen molar-refractivity contribution in [3.05, 3.63) is 0 Å². The van der Waals surface area contributed by atoms with Gasteiger partial charge in [0.05, 0.1) is 6.61 Å². The molecule has 16 heavy (non-hydrogen) atoms. The van der Waals surface area contributed by atoms with E-state index in [1.807, 2.05) is 0 Å². The first-order valence-corrected chi connectivity index (χ1v) is 6.83. The topological polar surface area (TPSA) is 38.5 Å². The highest BCUT2D eigenvalue weighted by molar-refractivity contribution is 4.93. The molecule has 2 rings (SSSR count). The summed E-state index contributed by atoms with van der Waals surface area (Å²) in [7, 11) is 0. The summed E-state index contributed by atoms with van der Waals surface area (Å²) in [6, 6.07) is 2.01. The highest BCUT2D eigenvalue weighted by Gasteiger charge is 2.38. The molecule has 4 atom stereocenters. The molecule has 2 N–H and O–H groups in total. The van der Waals surface area contributed by atoms with Gasteiger partial charge in [-0.25, -0.2) is 0 Å². The van der Waals surface area contributed by atoms with Crippen molar-refractivity contribution >= 4 is 0 Å². The molecule has 3 nitrogen and oxygen atoms in total. The lowest BCUT2D eigenvalue weighted by Gasteiger charge is -2.38. The minimum Gasteiger partial charge on any atom is -0.381 e. The molecule has 0 spiro atoms. The Morgan fingerprint density at radius 3 is 2.75 bits per heavy atom. The van der Waals surface area contributed by atoms with Gasteiger partial charge in [0.1, 0.15) is 0 Å². The van der Waals surface area contributed by atoms with Gasteiger partial charge >= 0.3 is 0 Å². The van der Waals surface area contributed by atoms with Crippen LogP contribution in [0.3, 0.4) is 0 Å². The molecule has 3 heteroatoms. The second-order valence-corrected chi connectivity index (χ2v) is 5.36. The van der Waals surface area contributed by atoms with Crippen LogP contribution in [0, 0.1) is 5.92 Å². The van der Waals surface area contributed by atoms with E-state index in [0.717, 1.165) is 25.8 Å². The Kier molecular flexibility index (Phi) is 4.22. The molecule has 2 aliphatic rings. The number of nitrogens with zero attached hydrogens (tertiary/aromatic N) is 1. The third kappa shape index (κ3) is 2.27. The van der Waals surface area contributed by atoms with Gasteiger partial charge in [-0.2, -0.15) is 0 Å². The van der Waals surface area contributed by atoms with Crippen LogP contribution < -0.4 is 5.73 Å². The lowest BCUT2D eigenvalue weighted by atomic mass is 9.95. The number of ether oxygens (including phenoxy) is 1. The minimum atomic E-state index is 0.546. The Bertz CT molecular complexity index is 216. The lowest BCUT2D eigenvalue weighted by Crippen LogP contribution is -2.50. The van der Waals surface area contributed by atoms with Crippen molar-refractivity contribution in [3.8, 4) is 0 Å². The van der Waals surface area contributed by atoms with Crippen LogP contribution in [-0.2, 0) is 4.74 Å². The first-order valence-electron chi connectivity index (χ1n) is 6.83. The predicted octanol–water partition coefficient (Wildman–Crippen LogP) is 1.61. The van der Waals surface area contributed by atoms with Crippen molar-refractivity contribution in [2.45, 2.75) is 57.7 Å². The summed E-state index contributed by atoms with van der Waals surface area (Å²) < 4.78 is 5.52. The van der Waals surface area contributed by atoms with Gasteiger partial charge in [-0.3, -0.25) is 4.90 Å². The quantitative estimate of drug-likeness (QED) is 0.791. The summed E-state index contributed by atoms with van der Waals surface area (Å²) in [4.78, 5) is 2.69. The minimum absolute atomic E-state index is 0.546. The van der Waals surface area contributed by atoms with Crippen molar-refractivity contribution in [2.75, 3.05) is 19.8 Å². The molecule has 0 aromatic rings. The largest absolute Gasteiger partial charge is 0.381 e. The van der Waals surface area contributed by atoms with E-state index in [2.05, 4.69) is 18.7 Å². The number of likely N-dealkylation sites (tertiary alicyclic amines) is 1. The molecule has 0 amide bonds. The summed E-state index contributed by atoms with van der Waals surface area (Å²) in [6.45, 7) is 7.29. The zero-order valence-electron chi connectivity index (χ0n) is 10.7. The van der Waals surface area contributed by atoms with Gasteiger partial charge in [0, 0.05) is 37.2 Å². The normalized spacial score (nSPS) is 38.1. The third-order valence-corrected chi connectivity index (χ3v) is 4.45. The Morgan fingerprint density at radius 2 is 2.19 bits per heavy atom. The fraction of sp³-hybridized carbons (Fsp3) is 1.00. The van der Waals surface area contributed by atoms with Gasteiger partial charge in [0.2, 0.25) is 0 Å². The Morgan fingerprint density at radius 1 is 1.38 bits per heavy atom. The molecule has 0 bridgehead atoms. The monoisotopic (exact) mass is 226 g/mol. The van der Waals surface area contributed by atoms with Crippen LogP contribution in [0.15, 0.2) is 0 Å². The molecule has 0 radical (unpaired) electrons. The molecular formula is C13H26N2O. The fourth-order valence-corrected chi connectivity index (χ4v) is 3.52. The molecule has 94 valence electrons. The summed E-state index contributed by atoms with van der Waals surface area (Å²) >= 11 is 0. The van der Waals surface area contributed by atoms with Crippen LogP contribution in [0.2, 0.25) is 0 Å². The van der Waals surface area contributed by atoms with Gasteiger partial charge in [-0.1, -0.05) is 6.92 Å². The fourth-order valence-electron chi connectivity index (χ4n) is 3.52. The van der Waals surface area contributed by atoms with E-state index < -0.39 is 0 Å². The first kappa shape index (κ1) is 12.3. The highest BCUT2D eigenvalue weighted by Crippen LogP contribution is 2.32. The van der Waals surface area contributed by atoms with Crippen LogP contribution in [0.5, 0.6) is 0 Å². The van der Waals surface area contributed by atoms with Crippen molar-refractivity contribution in [1.29, 1.82) is 0 Å². The average Bonchev–Trinajstić information content (AvgIpc) is 2.91. The maximum atomic E-state index is 6.01. The zero-order chi connectivity index (χ0) is 11.5. The van der Waals surface area contributed by atoms with Crippen LogP contribution in [0.4, 0.5) is 0 Å². The Hall–Kier alpha value is -0.120. The van der Waals surface area contributed by atoms with E-state index in [4.69, 9.17) is 10.5 Å². The van der Waals surface area contributed by atoms with Crippen molar-refractivity contribution in [3.63, 3.8) is 0 Å². The van der Waals surface area contributed by atoms with Crippen LogP contribution in [-0.4, -0.2) is 42.8 Å². The van der Waals surface area contributed by atoms with E-state index >= 15 is 0 Å². The number of nitrogens with two attached hydrogens (primary N) is 1. The maximum Gasteiger partial charge on any atom is 0.0510 e. The standard InChI is InChI=1S/C13H26N2O/c1-3-12-5-4-10(2)15(12)13(8-14)11-6-7-16-9-11/h10-13H,3-9,14H2,1-2H3. The van der Waals surface area contributed by atoms with Crippen LogP contribution >= 0.6 is 0 Å². The SMILES string of the molecule is CCC1CCC(C)N1C(CN)C1CCOC1. The van der Waals surface area contributed by atoms with E-state index in [1.54, 1.807) is 0 Å². The second kappa shape index (κ2) is 5.48. The molecule has 0 aliphatic carbocycles. The lowest BCUT2D eigenvalue weighted by molar-refractivity contribution is 0.0836. The van der Waals surface area contributed by atoms with E-state index in [0.29, 0.717) is 18.0 Å². The zero-order valence-corrected chi connectivity index (χ0v) is 10.7. The summed E-state index contributed by atoms with van der Waals surface area (Å²) in [5.41, 5.74) is 6.01. The molecule has 0 saturated carbocycles. The van der Waals surface area contributed by atoms with Gasteiger partial charge in [-0.15, -0.1) is 0 Å². The van der Waals surface area contributed by atoms with Gasteiger partial charge < -0.3 is 10.5 Å². The van der Waals surface area contributed by atoms with E-state index in [1.165, 1.54) is 25.7 Å². The van der Waals surface area contributed by atoms with E-state index in [-0.39, 0.29) is 0 Å². The van der Waals surface area contributed by atoms with Gasteiger partial charge in [-0.05, 0) is 32.6 Å². The molecule has 2 aliphatic heterocycles. The Labute approximate surface area is 99.3 Å². The molecule has 2 saturated heterocycles. The van der Waals surface area contributed by atoms with Crippen molar-refractivity contribution in [1.82, 2.24) is 4.90 Å². The van der Waals surface area contributed by atoms with Crippen molar-refractivity contribution in [2.24, 2.45) is 11.7 Å². The number of hydrogen-bond donors (Lipinski definition) is 1. The summed E-state index contributed by atoms with van der Waals surface area (Å²) in [5.74, 6) is 0.666. The van der Waals surface area contributed by atoms with Gasteiger partial charge in [0.15, 0.2) is 0 Å². The summed E-state index contributed by atoms with van der Waals surface area (Å²) in [5, 5.41) is 0. The number of rotatable bonds is 4. The molecule has 4 unspecified atom stereocenters. The molecule has 0 aromatic carbocycles.